The van der Waals surface area contributed by atoms with Crippen LogP contribution in [0.2, 0.25) is 0 Å². The van der Waals surface area contributed by atoms with E-state index in [4.69, 9.17) is 0 Å². The van der Waals surface area contributed by atoms with Gasteiger partial charge in [0.05, 0.1) is 5.56 Å². The standard InChI is InChI=1S/C21H18FN3OS/c22-19-11-14(8-10-23-19)13-27-21-18(5-2-9-24-21)20(26)25-17-7-6-15-3-1-4-16(15)12-17/h2,5-12H,1,3-4,13H2,(H,25,26). The highest BCUT2D eigenvalue weighted by Crippen LogP contribution is 2.27. The third-order valence-corrected chi connectivity index (χ3v) is 5.62. The lowest BCUT2D eigenvalue weighted by atomic mass is 10.1. The number of hydrogen-bond acceptors (Lipinski definition) is 4. The molecule has 0 unspecified atom stereocenters. The number of aromatic nitrogens is 2. The van der Waals surface area contributed by atoms with Gasteiger partial charge >= 0.3 is 0 Å². The molecule has 0 aliphatic heterocycles. The Morgan fingerprint density at radius 3 is 2.85 bits per heavy atom. The van der Waals surface area contributed by atoms with E-state index in [1.54, 1.807) is 24.4 Å². The summed E-state index contributed by atoms with van der Waals surface area (Å²) >= 11 is 1.40. The molecular weight excluding hydrogens is 361 g/mol. The number of carbonyl (C=O) groups excluding carboxylic acids is 1. The Balaban J connectivity index is 1.49. The molecule has 136 valence electrons. The maximum Gasteiger partial charge on any atom is 0.258 e. The molecule has 0 saturated heterocycles. The van der Waals surface area contributed by atoms with Gasteiger partial charge in [-0.3, -0.25) is 4.79 Å². The van der Waals surface area contributed by atoms with Crippen molar-refractivity contribution in [2.75, 3.05) is 5.32 Å². The van der Waals surface area contributed by atoms with Crippen LogP contribution < -0.4 is 5.32 Å². The van der Waals surface area contributed by atoms with Crippen LogP contribution in [0.1, 0.15) is 33.5 Å². The predicted octanol–water partition coefficient (Wildman–Crippen LogP) is 4.65. The summed E-state index contributed by atoms with van der Waals surface area (Å²) in [6, 6.07) is 12.7. The smallest absolute Gasteiger partial charge is 0.258 e. The summed E-state index contributed by atoms with van der Waals surface area (Å²) in [7, 11) is 0. The lowest BCUT2D eigenvalue weighted by molar-refractivity contribution is 0.102. The predicted molar refractivity (Wildman–Crippen MR) is 104 cm³/mol. The van der Waals surface area contributed by atoms with Crippen molar-refractivity contribution in [2.45, 2.75) is 30.0 Å². The molecule has 1 amide bonds. The van der Waals surface area contributed by atoms with Crippen LogP contribution in [0.4, 0.5) is 10.1 Å². The van der Waals surface area contributed by atoms with Crippen molar-refractivity contribution in [3.05, 3.63) is 83.1 Å². The Kier molecular flexibility index (Phi) is 5.16. The summed E-state index contributed by atoms with van der Waals surface area (Å²) in [6.45, 7) is 0. The van der Waals surface area contributed by atoms with E-state index in [2.05, 4.69) is 27.4 Å². The number of carbonyl (C=O) groups is 1. The molecule has 1 aliphatic rings. The van der Waals surface area contributed by atoms with Crippen LogP contribution in [-0.2, 0) is 18.6 Å². The minimum absolute atomic E-state index is 0.190. The van der Waals surface area contributed by atoms with E-state index in [0.717, 1.165) is 24.1 Å². The lowest BCUT2D eigenvalue weighted by Crippen LogP contribution is -2.13. The fourth-order valence-electron chi connectivity index (χ4n) is 3.21. The number of hydrogen-bond donors (Lipinski definition) is 1. The maximum atomic E-state index is 13.2. The minimum atomic E-state index is -0.510. The van der Waals surface area contributed by atoms with Crippen molar-refractivity contribution in [3.8, 4) is 0 Å². The molecule has 4 rings (SSSR count). The van der Waals surface area contributed by atoms with Gasteiger partial charge in [-0.1, -0.05) is 6.07 Å². The largest absolute Gasteiger partial charge is 0.322 e. The summed E-state index contributed by atoms with van der Waals surface area (Å²) in [4.78, 5) is 20.7. The van der Waals surface area contributed by atoms with Crippen molar-refractivity contribution >= 4 is 23.4 Å². The molecule has 6 heteroatoms. The second-order valence-electron chi connectivity index (χ2n) is 6.42. The van der Waals surface area contributed by atoms with Gasteiger partial charge in [-0.05, 0) is 72.4 Å². The molecule has 1 N–H and O–H groups in total. The zero-order valence-corrected chi connectivity index (χ0v) is 15.4. The minimum Gasteiger partial charge on any atom is -0.322 e. The molecule has 2 heterocycles. The normalized spacial score (nSPS) is 12.6. The fraction of sp³-hybridized carbons (Fsp3) is 0.190. The first-order chi connectivity index (χ1) is 13.2. The first-order valence-electron chi connectivity index (χ1n) is 8.80. The third kappa shape index (κ3) is 4.17. The average molecular weight is 379 g/mol. The first-order valence-corrected chi connectivity index (χ1v) is 9.79. The summed E-state index contributed by atoms with van der Waals surface area (Å²) in [6.07, 6.45) is 6.44. The molecular formula is C21H18FN3OS. The quantitative estimate of drug-likeness (QED) is 0.518. The van der Waals surface area contributed by atoms with Gasteiger partial charge in [0, 0.05) is 23.8 Å². The van der Waals surface area contributed by atoms with E-state index in [1.165, 1.54) is 41.6 Å². The topological polar surface area (TPSA) is 54.9 Å². The van der Waals surface area contributed by atoms with Crippen LogP contribution in [0.3, 0.4) is 0 Å². The average Bonchev–Trinajstić information content (AvgIpc) is 3.14. The van der Waals surface area contributed by atoms with Crippen molar-refractivity contribution in [2.24, 2.45) is 0 Å². The molecule has 0 spiro atoms. The van der Waals surface area contributed by atoms with E-state index < -0.39 is 5.95 Å². The van der Waals surface area contributed by atoms with Gasteiger partial charge in [-0.2, -0.15) is 4.39 Å². The summed E-state index contributed by atoms with van der Waals surface area (Å²) < 4.78 is 13.2. The number of anilines is 1. The first kappa shape index (κ1) is 17.7. The van der Waals surface area contributed by atoms with Gasteiger partial charge < -0.3 is 5.32 Å². The molecule has 4 nitrogen and oxygen atoms in total. The van der Waals surface area contributed by atoms with Crippen molar-refractivity contribution in [1.82, 2.24) is 9.97 Å². The number of pyridine rings is 2. The Morgan fingerprint density at radius 2 is 1.96 bits per heavy atom. The highest BCUT2D eigenvalue weighted by Gasteiger charge is 2.15. The second kappa shape index (κ2) is 7.88. The Bertz CT molecular complexity index is 993. The number of benzene rings is 1. The van der Waals surface area contributed by atoms with Gasteiger partial charge in [-0.15, -0.1) is 11.8 Å². The molecule has 2 aromatic heterocycles. The summed E-state index contributed by atoms with van der Waals surface area (Å²) in [5.41, 5.74) is 4.79. The number of amides is 1. The van der Waals surface area contributed by atoms with Gasteiger partial charge in [0.2, 0.25) is 5.95 Å². The molecule has 1 aromatic carbocycles. The SMILES string of the molecule is O=C(Nc1ccc2c(c1)CCC2)c1cccnc1SCc1ccnc(F)c1. The Morgan fingerprint density at radius 1 is 1.07 bits per heavy atom. The van der Waals surface area contributed by atoms with Crippen molar-refractivity contribution in [3.63, 3.8) is 0 Å². The molecule has 0 saturated carbocycles. The molecule has 27 heavy (non-hydrogen) atoms. The summed E-state index contributed by atoms with van der Waals surface area (Å²) in [5, 5.41) is 3.59. The number of aryl methyl sites for hydroxylation is 2. The second-order valence-corrected chi connectivity index (χ2v) is 7.39. The third-order valence-electron chi connectivity index (χ3n) is 4.54. The number of fused-ring (bicyclic) bond motifs is 1. The van der Waals surface area contributed by atoms with Gasteiger partial charge in [0.15, 0.2) is 0 Å². The fourth-order valence-corrected chi connectivity index (χ4v) is 4.15. The highest BCUT2D eigenvalue weighted by atomic mass is 32.2. The van der Waals surface area contributed by atoms with Crippen molar-refractivity contribution in [1.29, 1.82) is 0 Å². The van der Waals surface area contributed by atoms with E-state index in [-0.39, 0.29) is 5.91 Å². The Labute approximate surface area is 161 Å². The molecule has 0 bridgehead atoms. The van der Waals surface area contributed by atoms with Crippen LogP contribution in [0.5, 0.6) is 0 Å². The summed E-state index contributed by atoms with van der Waals surface area (Å²) in [5.74, 6) is -0.191. The zero-order valence-electron chi connectivity index (χ0n) is 14.6. The zero-order chi connectivity index (χ0) is 18.6. The molecule has 0 fully saturated rings. The van der Waals surface area contributed by atoms with Crippen LogP contribution >= 0.6 is 11.8 Å². The van der Waals surface area contributed by atoms with Crippen LogP contribution in [0.25, 0.3) is 0 Å². The van der Waals surface area contributed by atoms with E-state index in [1.807, 2.05) is 6.07 Å². The number of nitrogens with one attached hydrogen (secondary N) is 1. The van der Waals surface area contributed by atoms with Crippen LogP contribution in [0.15, 0.2) is 59.9 Å². The number of nitrogens with zero attached hydrogens (tertiary/aromatic N) is 2. The monoisotopic (exact) mass is 379 g/mol. The van der Waals surface area contributed by atoms with Crippen LogP contribution in [-0.4, -0.2) is 15.9 Å². The van der Waals surface area contributed by atoms with Crippen LogP contribution in [0, 0.1) is 5.95 Å². The van der Waals surface area contributed by atoms with Gasteiger partial charge in [-0.25, -0.2) is 9.97 Å². The number of thioether (sulfide) groups is 1. The number of halogens is 1. The van der Waals surface area contributed by atoms with Crippen molar-refractivity contribution < 1.29 is 9.18 Å². The highest BCUT2D eigenvalue weighted by molar-refractivity contribution is 7.98. The molecule has 3 aromatic rings. The van der Waals surface area contributed by atoms with E-state index in [9.17, 15) is 9.18 Å². The van der Waals surface area contributed by atoms with Gasteiger partial charge in [0.1, 0.15) is 5.03 Å². The number of rotatable bonds is 5. The maximum absolute atomic E-state index is 13.2. The van der Waals surface area contributed by atoms with E-state index in [0.29, 0.717) is 16.3 Å². The van der Waals surface area contributed by atoms with E-state index >= 15 is 0 Å². The lowest BCUT2D eigenvalue weighted by Gasteiger charge is -2.10. The Hall–Kier alpha value is -2.73. The van der Waals surface area contributed by atoms with Gasteiger partial charge in [0.25, 0.3) is 5.91 Å². The molecule has 0 atom stereocenters. The molecule has 1 aliphatic carbocycles. The molecule has 0 radical (unpaired) electrons.